The van der Waals surface area contributed by atoms with Gasteiger partial charge in [0.25, 0.3) is 0 Å². The Kier molecular flexibility index (Phi) is 4.71. The largest absolute Gasteiger partial charge is 0.388 e. The van der Waals surface area contributed by atoms with Gasteiger partial charge in [-0.25, -0.2) is 4.98 Å². The van der Waals surface area contributed by atoms with Gasteiger partial charge in [-0.1, -0.05) is 0 Å². The molecule has 1 rings (SSSR count). The van der Waals surface area contributed by atoms with Crippen molar-refractivity contribution in [3.05, 3.63) is 23.9 Å². The highest BCUT2D eigenvalue weighted by molar-refractivity contribution is 5.37. The molecule has 4 nitrogen and oxygen atoms in total. The lowest BCUT2D eigenvalue weighted by Gasteiger charge is -2.23. The summed E-state index contributed by atoms with van der Waals surface area (Å²) in [5.74, 6) is 0.790. The Bertz CT molecular complexity index is 327. The molecule has 1 heterocycles. The summed E-state index contributed by atoms with van der Waals surface area (Å²) in [6, 6.07) is 3.89. The minimum Gasteiger partial charge on any atom is -0.388 e. The quantitative estimate of drug-likeness (QED) is 0.770. The summed E-state index contributed by atoms with van der Waals surface area (Å²) in [4.78, 5) is 4.17. The maximum Gasteiger partial charge on any atom is 0.126 e. The number of rotatable bonds is 6. The number of anilines is 1. The van der Waals surface area contributed by atoms with Crippen molar-refractivity contribution >= 4 is 5.82 Å². The first kappa shape index (κ1) is 12.9. The molecule has 0 saturated heterocycles. The van der Waals surface area contributed by atoms with Gasteiger partial charge in [0.05, 0.1) is 5.60 Å². The first-order valence-electron chi connectivity index (χ1n) is 5.41. The van der Waals surface area contributed by atoms with Crippen LogP contribution in [-0.2, 0) is 4.74 Å². The molecule has 0 aliphatic rings. The molecule has 0 radical (unpaired) electrons. The molecule has 0 bridgehead atoms. The Morgan fingerprint density at radius 1 is 1.56 bits per heavy atom. The van der Waals surface area contributed by atoms with E-state index in [0.29, 0.717) is 19.6 Å². The van der Waals surface area contributed by atoms with Crippen molar-refractivity contribution in [2.45, 2.75) is 25.9 Å². The molecule has 1 aromatic heterocycles. The molecular formula is C12H20N2O2. The molecule has 1 unspecified atom stereocenters. The van der Waals surface area contributed by atoms with Gasteiger partial charge < -0.3 is 15.2 Å². The number of ether oxygens (including phenoxy) is 1. The van der Waals surface area contributed by atoms with Crippen molar-refractivity contribution in [3.63, 3.8) is 0 Å². The van der Waals surface area contributed by atoms with Gasteiger partial charge in [0.2, 0.25) is 0 Å². The van der Waals surface area contributed by atoms with Crippen LogP contribution in [0.3, 0.4) is 0 Å². The number of hydrogen-bond acceptors (Lipinski definition) is 4. The lowest BCUT2D eigenvalue weighted by atomic mass is 10.0. The third-order valence-electron chi connectivity index (χ3n) is 2.41. The summed E-state index contributed by atoms with van der Waals surface area (Å²) in [6.07, 6.45) is 2.35. The van der Waals surface area contributed by atoms with E-state index >= 15 is 0 Å². The molecule has 0 spiro atoms. The van der Waals surface area contributed by atoms with Crippen LogP contribution < -0.4 is 5.32 Å². The highest BCUT2D eigenvalue weighted by Crippen LogP contribution is 2.12. The van der Waals surface area contributed by atoms with Crippen LogP contribution in [0.5, 0.6) is 0 Å². The van der Waals surface area contributed by atoms with Crippen molar-refractivity contribution in [1.29, 1.82) is 0 Å². The molecule has 0 aliphatic carbocycles. The molecular weight excluding hydrogens is 204 g/mol. The summed E-state index contributed by atoms with van der Waals surface area (Å²) >= 11 is 0. The normalized spacial score (nSPS) is 14.5. The summed E-state index contributed by atoms with van der Waals surface area (Å²) in [6.45, 7) is 4.81. The van der Waals surface area contributed by atoms with Gasteiger partial charge in [-0.2, -0.15) is 0 Å². The Balaban J connectivity index is 2.44. The van der Waals surface area contributed by atoms with Crippen LogP contribution >= 0.6 is 0 Å². The van der Waals surface area contributed by atoms with Crippen molar-refractivity contribution in [3.8, 4) is 0 Å². The Morgan fingerprint density at radius 3 is 2.94 bits per heavy atom. The van der Waals surface area contributed by atoms with E-state index in [1.54, 1.807) is 20.2 Å². The number of pyridine rings is 1. The number of aryl methyl sites for hydroxylation is 1. The zero-order chi connectivity index (χ0) is 12.0. The number of aromatic nitrogens is 1. The van der Waals surface area contributed by atoms with Crippen LogP contribution in [0.15, 0.2) is 18.3 Å². The van der Waals surface area contributed by atoms with E-state index in [1.165, 1.54) is 0 Å². The average molecular weight is 224 g/mol. The van der Waals surface area contributed by atoms with Gasteiger partial charge >= 0.3 is 0 Å². The highest BCUT2D eigenvalue weighted by atomic mass is 16.5. The van der Waals surface area contributed by atoms with Crippen molar-refractivity contribution in [2.75, 3.05) is 25.6 Å². The van der Waals surface area contributed by atoms with E-state index in [1.807, 2.05) is 19.1 Å². The molecule has 0 saturated carbocycles. The fourth-order valence-corrected chi connectivity index (χ4v) is 1.32. The van der Waals surface area contributed by atoms with Gasteiger partial charge in [-0.3, -0.25) is 0 Å². The fraction of sp³-hybridized carbons (Fsp3) is 0.583. The van der Waals surface area contributed by atoms with Gasteiger partial charge in [0.15, 0.2) is 0 Å². The molecule has 0 aliphatic heterocycles. The molecule has 1 aromatic rings. The summed E-state index contributed by atoms with van der Waals surface area (Å²) in [5, 5.41) is 13.1. The monoisotopic (exact) mass is 224 g/mol. The van der Waals surface area contributed by atoms with Crippen molar-refractivity contribution in [2.24, 2.45) is 0 Å². The number of hydrogen-bond donors (Lipinski definition) is 2. The standard InChI is InChI=1S/C12H20N2O2/c1-10-4-6-13-11(8-10)14-9-12(2,15)5-7-16-3/h4,6,8,15H,5,7,9H2,1-3H3,(H,13,14). The molecule has 0 aromatic carbocycles. The second kappa shape index (κ2) is 5.82. The number of nitrogens with one attached hydrogen (secondary N) is 1. The van der Waals surface area contributed by atoms with Crippen molar-refractivity contribution in [1.82, 2.24) is 4.98 Å². The molecule has 0 amide bonds. The predicted molar refractivity (Wildman–Crippen MR) is 64.6 cm³/mol. The first-order chi connectivity index (χ1) is 7.53. The number of nitrogens with zero attached hydrogens (tertiary/aromatic N) is 1. The summed E-state index contributed by atoms with van der Waals surface area (Å²) in [7, 11) is 1.63. The van der Waals surface area contributed by atoms with Crippen LogP contribution in [0.25, 0.3) is 0 Å². The van der Waals surface area contributed by atoms with E-state index in [-0.39, 0.29) is 0 Å². The molecule has 2 N–H and O–H groups in total. The molecule has 16 heavy (non-hydrogen) atoms. The lowest BCUT2D eigenvalue weighted by Crippen LogP contribution is -2.34. The zero-order valence-corrected chi connectivity index (χ0v) is 10.2. The smallest absolute Gasteiger partial charge is 0.126 e. The van der Waals surface area contributed by atoms with E-state index in [2.05, 4.69) is 10.3 Å². The predicted octanol–water partition coefficient (Wildman–Crippen LogP) is 1.59. The Labute approximate surface area is 96.7 Å². The topological polar surface area (TPSA) is 54.4 Å². The first-order valence-corrected chi connectivity index (χ1v) is 5.41. The van der Waals surface area contributed by atoms with Crippen LogP contribution in [0, 0.1) is 6.92 Å². The molecule has 1 atom stereocenters. The van der Waals surface area contributed by atoms with E-state index in [9.17, 15) is 5.11 Å². The van der Waals surface area contributed by atoms with Crippen LogP contribution in [0.2, 0.25) is 0 Å². The third-order valence-corrected chi connectivity index (χ3v) is 2.41. The average Bonchev–Trinajstić information content (AvgIpc) is 2.24. The van der Waals surface area contributed by atoms with E-state index in [0.717, 1.165) is 11.4 Å². The Hall–Kier alpha value is -1.13. The Morgan fingerprint density at radius 2 is 2.31 bits per heavy atom. The summed E-state index contributed by atoms with van der Waals surface area (Å²) < 4.78 is 4.95. The second-order valence-electron chi connectivity index (χ2n) is 4.31. The SMILES string of the molecule is COCCC(C)(O)CNc1cc(C)ccn1. The van der Waals surface area contributed by atoms with Gasteiger partial charge in [0, 0.05) is 32.9 Å². The summed E-state index contributed by atoms with van der Waals surface area (Å²) in [5.41, 5.74) is 0.371. The van der Waals surface area contributed by atoms with Crippen LogP contribution in [0.1, 0.15) is 18.9 Å². The fourth-order valence-electron chi connectivity index (χ4n) is 1.32. The van der Waals surface area contributed by atoms with Gasteiger partial charge in [-0.05, 0) is 31.5 Å². The minimum atomic E-state index is -0.776. The van der Waals surface area contributed by atoms with Gasteiger partial charge in [0.1, 0.15) is 5.82 Å². The maximum atomic E-state index is 10.0. The van der Waals surface area contributed by atoms with Gasteiger partial charge in [-0.15, -0.1) is 0 Å². The van der Waals surface area contributed by atoms with E-state index in [4.69, 9.17) is 4.74 Å². The number of methoxy groups -OCH3 is 1. The maximum absolute atomic E-state index is 10.0. The molecule has 0 fully saturated rings. The third kappa shape index (κ3) is 4.59. The molecule has 90 valence electrons. The highest BCUT2D eigenvalue weighted by Gasteiger charge is 2.19. The van der Waals surface area contributed by atoms with Crippen molar-refractivity contribution < 1.29 is 9.84 Å². The van der Waals surface area contributed by atoms with Crippen LogP contribution in [-0.4, -0.2) is 36.0 Å². The van der Waals surface area contributed by atoms with E-state index < -0.39 is 5.60 Å². The minimum absolute atomic E-state index is 0.465. The van der Waals surface area contributed by atoms with Crippen LogP contribution in [0.4, 0.5) is 5.82 Å². The number of aliphatic hydroxyl groups is 1. The molecule has 4 heteroatoms. The zero-order valence-electron chi connectivity index (χ0n) is 10.2. The second-order valence-corrected chi connectivity index (χ2v) is 4.31. The lowest BCUT2D eigenvalue weighted by molar-refractivity contribution is 0.0357.